The quantitative estimate of drug-likeness (QED) is 0.793. The second-order valence-corrected chi connectivity index (χ2v) is 8.72. The van der Waals surface area contributed by atoms with Crippen LogP contribution in [0.3, 0.4) is 0 Å². The second-order valence-electron chi connectivity index (χ2n) is 6.82. The van der Waals surface area contributed by atoms with Gasteiger partial charge in [0.2, 0.25) is 10.0 Å². The maximum Gasteiger partial charge on any atom is 0.254 e. The van der Waals surface area contributed by atoms with E-state index in [0.29, 0.717) is 37.3 Å². The molecule has 0 radical (unpaired) electrons. The molecule has 0 N–H and O–H groups in total. The maximum absolute atomic E-state index is 13.0. The van der Waals surface area contributed by atoms with Crippen molar-refractivity contribution in [1.29, 1.82) is 0 Å². The predicted octanol–water partition coefficient (Wildman–Crippen LogP) is 3.22. The van der Waals surface area contributed by atoms with Crippen LogP contribution in [0, 0.1) is 6.92 Å². The van der Waals surface area contributed by atoms with E-state index >= 15 is 0 Å². The van der Waals surface area contributed by atoms with Gasteiger partial charge in [-0.15, -0.1) is 0 Å². The highest BCUT2D eigenvalue weighted by Gasteiger charge is 2.27. The van der Waals surface area contributed by atoms with Crippen LogP contribution in [0.25, 0.3) is 0 Å². The molecule has 0 bridgehead atoms. The Hall–Kier alpha value is -2.18. The third kappa shape index (κ3) is 3.77. The molecule has 0 saturated heterocycles. The van der Waals surface area contributed by atoms with Gasteiger partial charge in [0.1, 0.15) is 0 Å². The van der Waals surface area contributed by atoms with Crippen LogP contribution >= 0.6 is 0 Å². The molecule has 0 aliphatic carbocycles. The number of carbonyl (C=O) groups is 1. The minimum atomic E-state index is -3.60. The number of carbonyl (C=O) groups excluding carboxylic acids is 1. The van der Waals surface area contributed by atoms with E-state index in [9.17, 15) is 13.2 Å². The maximum atomic E-state index is 13.0. The van der Waals surface area contributed by atoms with Gasteiger partial charge in [0.05, 0.1) is 4.90 Å². The Morgan fingerprint density at radius 1 is 1.07 bits per heavy atom. The van der Waals surface area contributed by atoms with Gasteiger partial charge in [0, 0.05) is 31.7 Å². The summed E-state index contributed by atoms with van der Waals surface area (Å²) in [5.41, 5.74) is 3.50. The zero-order valence-corrected chi connectivity index (χ0v) is 16.9. The SMILES string of the molecule is CCN(CC)S(=O)(=O)c1cc(C(=O)N2CCc3ccccc3C2)ccc1C. The molecule has 1 amide bonds. The van der Waals surface area contributed by atoms with Crippen LogP contribution in [-0.4, -0.2) is 43.2 Å². The van der Waals surface area contributed by atoms with Gasteiger partial charge in [-0.1, -0.05) is 44.2 Å². The van der Waals surface area contributed by atoms with Crippen molar-refractivity contribution in [2.75, 3.05) is 19.6 Å². The smallest absolute Gasteiger partial charge is 0.254 e. The minimum absolute atomic E-state index is 0.125. The molecule has 0 spiro atoms. The number of amides is 1. The third-order valence-corrected chi connectivity index (χ3v) is 7.37. The molecular formula is C21H26N2O3S. The number of fused-ring (bicyclic) bond motifs is 1. The summed E-state index contributed by atoms with van der Waals surface area (Å²) < 4.78 is 27.3. The Morgan fingerprint density at radius 2 is 1.74 bits per heavy atom. The topological polar surface area (TPSA) is 57.7 Å². The summed E-state index contributed by atoms with van der Waals surface area (Å²) in [6, 6.07) is 13.1. The van der Waals surface area contributed by atoms with Crippen molar-refractivity contribution < 1.29 is 13.2 Å². The number of hydrogen-bond acceptors (Lipinski definition) is 3. The van der Waals surface area contributed by atoms with Gasteiger partial charge in [-0.05, 0) is 42.2 Å². The fourth-order valence-electron chi connectivity index (χ4n) is 3.57. The van der Waals surface area contributed by atoms with Crippen LogP contribution < -0.4 is 0 Å². The number of sulfonamides is 1. The number of hydrogen-bond donors (Lipinski definition) is 0. The van der Waals surface area contributed by atoms with Crippen molar-refractivity contribution in [3.8, 4) is 0 Å². The first-order chi connectivity index (χ1) is 12.9. The molecule has 2 aromatic carbocycles. The monoisotopic (exact) mass is 386 g/mol. The number of aryl methyl sites for hydroxylation is 1. The molecule has 0 unspecified atom stereocenters. The third-order valence-electron chi connectivity index (χ3n) is 5.18. The number of benzene rings is 2. The largest absolute Gasteiger partial charge is 0.334 e. The number of rotatable bonds is 5. The van der Waals surface area contributed by atoms with Gasteiger partial charge in [0.25, 0.3) is 5.91 Å². The van der Waals surface area contributed by atoms with Gasteiger partial charge in [-0.3, -0.25) is 4.79 Å². The molecule has 27 heavy (non-hydrogen) atoms. The van der Waals surface area contributed by atoms with E-state index in [4.69, 9.17) is 0 Å². The molecule has 2 aromatic rings. The summed E-state index contributed by atoms with van der Waals surface area (Å²) >= 11 is 0. The summed E-state index contributed by atoms with van der Waals surface area (Å²) in [6.07, 6.45) is 0.818. The van der Waals surface area contributed by atoms with Gasteiger partial charge in [-0.2, -0.15) is 4.31 Å². The van der Waals surface area contributed by atoms with E-state index in [1.807, 2.05) is 32.0 Å². The van der Waals surface area contributed by atoms with Gasteiger partial charge < -0.3 is 4.90 Å². The standard InChI is InChI=1S/C21H26N2O3S/c1-4-23(5-2)27(25,26)20-14-18(11-10-16(20)3)21(24)22-13-12-17-8-6-7-9-19(17)15-22/h6-11,14H,4-5,12-13,15H2,1-3H3. The van der Waals surface area contributed by atoms with Crippen LogP contribution in [-0.2, 0) is 23.0 Å². The summed E-state index contributed by atoms with van der Waals surface area (Å²) in [5, 5.41) is 0. The first-order valence-electron chi connectivity index (χ1n) is 9.35. The molecule has 6 heteroatoms. The van der Waals surface area contributed by atoms with Crippen molar-refractivity contribution in [1.82, 2.24) is 9.21 Å². The fraction of sp³-hybridized carbons (Fsp3) is 0.381. The predicted molar refractivity (Wildman–Crippen MR) is 106 cm³/mol. The molecule has 0 fully saturated rings. The normalized spacial score (nSPS) is 14.3. The van der Waals surface area contributed by atoms with E-state index in [2.05, 4.69) is 6.07 Å². The lowest BCUT2D eigenvalue weighted by Crippen LogP contribution is -2.36. The van der Waals surface area contributed by atoms with Crippen LogP contribution in [0.4, 0.5) is 0 Å². The number of nitrogens with zero attached hydrogens (tertiary/aromatic N) is 2. The van der Waals surface area contributed by atoms with E-state index in [-0.39, 0.29) is 10.8 Å². The Labute approximate surface area is 161 Å². The molecule has 3 rings (SSSR count). The average molecular weight is 387 g/mol. The summed E-state index contributed by atoms with van der Waals surface area (Å²) in [5.74, 6) is -0.125. The zero-order chi connectivity index (χ0) is 19.6. The Kier molecular flexibility index (Phi) is 5.67. The molecule has 5 nitrogen and oxygen atoms in total. The van der Waals surface area contributed by atoms with Crippen molar-refractivity contribution in [2.24, 2.45) is 0 Å². The Morgan fingerprint density at radius 3 is 2.41 bits per heavy atom. The Bertz CT molecular complexity index is 950. The van der Waals surface area contributed by atoms with Gasteiger partial charge in [0.15, 0.2) is 0 Å². The van der Waals surface area contributed by atoms with E-state index in [1.165, 1.54) is 15.9 Å². The van der Waals surface area contributed by atoms with Gasteiger partial charge >= 0.3 is 0 Å². The molecule has 1 heterocycles. The van der Waals surface area contributed by atoms with Crippen molar-refractivity contribution in [2.45, 2.75) is 38.6 Å². The van der Waals surface area contributed by atoms with E-state index in [0.717, 1.165) is 12.0 Å². The van der Waals surface area contributed by atoms with Crippen LogP contribution in [0.1, 0.15) is 40.9 Å². The highest BCUT2D eigenvalue weighted by atomic mass is 32.2. The summed E-state index contributed by atoms with van der Waals surface area (Å²) in [4.78, 5) is 15.0. The molecule has 0 atom stereocenters. The lowest BCUT2D eigenvalue weighted by Gasteiger charge is -2.29. The summed E-state index contributed by atoms with van der Waals surface area (Å²) in [6.45, 7) is 7.40. The highest BCUT2D eigenvalue weighted by Crippen LogP contribution is 2.24. The summed E-state index contributed by atoms with van der Waals surface area (Å²) in [7, 11) is -3.60. The van der Waals surface area contributed by atoms with Crippen molar-refractivity contribution >= 4 is 15.9 Å². The van der Waals surface area contributed by atoms with Crippen LogP contribution in [0.2, 0.25) is 0 Å². The molecule has 0 aromatic heterocycles. The first-order valence-corrected chi connectivity index (χ1v) is 10.8. The second kappa shape index (κ2) is 7.82. The van der Waals surface area contributed by atoms with Crippen molar-refractivity contribution in [3.05, 3.63) is 64.7 Å². The zero-order valence-electron chi connectivity index (χ0n) is 16.1. The first kappa shape index (κ1) is 19.6. The van der Waals surface area contributed by atoms with Crippen molar-refractivity contribution in [3.63, 3.8) is 0 Å². The van der Waals surface area contributed by atoms with E-state index < -0.39 is 10.0 Å². The van der Waals surface area contributed by atoms with Crippen LogP contribution in [0.5, 0.6) is 0 Å². The fourth-order valence-corrected chi connectivity index (χ4v) is 5.27. The molecule has 144 valence electrons. The lowest BCUT2D eigenvalue weighted by atomic mass is 9.99. The molecule has 0 saturated carbocycles. The van der Waals surface area contributed by atoms with Gasteiger partial charge in [-0.25, -0.2) is 8.42 Å². The Balaban J connectivity index is 1.91. The molecule has 1 aliphatic rings. The van der Waals surface area contributed by atoms with Crippen LogP contribution in [0.15, 0.2) is 47.4 Å². The average Bonchev–Trinajstić information content (AvgIpc) is 2.68. The lowest BCUT2D eigenvalue weighted by molar-refractivity contribution is 0.0734. The molecule has 1 aliphatic heterocycles. The highest BCUT2D eigenvalue weighted by molar-refractivity contribution is 7.89. The molecular weight excluding hydrogens is 360 g/mol. The minimum Gasteiger partial charge on any atom is -0.334 e. The van der Waals surface area contributed by atoms with E-state index in [1.54, 1.807) is 24.0 Å².